The topological polar surface area (TPSA) is 69.5 Å². The van der Waals surface area contributed by atoms with Gasteiger partial charge in [0.1, 0.15) is 10.9 Å². The van der Waals surface area contributed by atoms with Crippen molar-refractivity contribution in [3.63, 3.8) is 0 Å². The SMILES string of the molecule is CC1CCc2c(sc3nc(C(C#N)=Cc4c(Cl)cccc4Cl)[nH]c(=O)c23)C1. The van der Waals surface area contributed by atoms with Crippen LogP contribution in [0.2, 0.25) is 10.0 Å². The standard InChI is InChI=1S/C20H15Cl2N3OS/c1-10-5-6-12-16(7-10)27-20-17(12)19(26)24-18(25-20)11(9-23)8-13-14(21)3-2-4-15(13)22/h2-4,8,10H,5-7H2,1H3,(H,24,25,26). The first-order valence-electron chi connectivity index (χ1n) is 8.58. The second-order valence-corrected chi connectivity index (χ2v) is 8.65. The van der Waals surface area contributed by atoms with Crippen molar-refractivity contribution in [2.45, 2.75) is 26.2 Å². The van der Waals surface area contributed by atoms with Gasteiger partial charge in [0.05, 0.1) is 11.0 Å². The van der Waals surface area contributed by atoms with Gasteiger partial charge in [-0.15, -0.1) is 11.3 Å². The number of nitriles is 1. The number of aryl methyl sites for hydroxylation is 1. The summed E-state index contributed by atoms with van der Waals surface area (Å²) in [5.74, 6) is 0.846. The number of hydrogen-bond acceptors (Lipinski definition) is 4. The first-order chi connectivity index (χ1) is 13.0. The summed E-state index contributed by atoms with van der Waals surface area (Å²) in [7, 11) is 0. The second kappa shape index (κ2) is 7.12. The van der Waals surface area contributed by atoms with Crippen molar-refractivity contribution in [2.24, 2.45) is 5.92 Å². The van der Waals surface area contributed by atoms with Crippen molar-refractivity contribution in [3.05, 3.63) is 60.4 Å². The minimum Gasteiger partial charge on any atom is -0.305 e. The summed E-state index contributed by atoms with van der Waals surface area (Å²) in [5, 5.41) is 11.1. The smallest absolute Gasteiger partial charge is 0.260 e. The van der Waals surface area contributed by atoms with Crippen LogP contribution in [0.5, 0.6) is 0 Å². The van der Waals surface area contributed by atoms with Gasteiger partial charge in [-0.3, -0.25) is 4.79 Å². The molecule has 3 aromatic rings. The molecule has 1 aliphatic carbocycles. The number of benzene rings is 1. The van der Waals surface area contributed by atoms with Gasteiger partial charge in [0.15, 0.2) is 5.82 Å². The van der Waals surface area contributed by atoms with Crippen molar-refractivity contribution < 1.29 is 0 Å². The molecular weight excluding hydrogens is 401 g/mol. The Balaban J connectivity index is 1.87. The van der Waals surface area contributed by atoms with E-state index in [9.17, 15) is 10.1 Å². The summed E-state index contributed by atoms with van der Waals surface area (Å²) in [5.41, 5.74) is 1.65. The zero-order chi connectivity index (χ0) is 19.1. The maximum atomic E-state index is 12.7. The summed E-state index contributed by atoms with van der Waals surface area (Å²) in [6.45, 7) is 2.22. The number of nitrogens with one attached hydrogen (secondary N) is 1. The summed E-state index contributed by atoms with van der Waals surface area (Å²) in [6, 6.07) is 7.22. The van der Waals surface area contributed by atoms with Crippen LogP contribution in [0.4, 0.5) is 0 Å². The third kappa shape index (κ3) is 3.29. The van der Waals surface area contributed by atoms with Gasteiger partial charge in [0.25, 0.3) is 5.56 Å². The Morgan fingerprint density at radius 2 is 2.15 bits per heavy atom. The van der Waals surface area contributed by atoms with Gasteiger partial charge in [0.2, 0.25) is 0 Å². The van der Waals surface area contributed by atoms with Crippen molar-refractivity contribution >= 4 is 56.4 Å². The molecule has 2 heterocycles. The van der Waals surface area contributed by atoms with Crippen LogP contribution in [0.25, 0.3) is 21.9 Å². The van der Waals surface area contributed by atoms with Crippen LogP contribution >= 0.6 is 34.5 Å². The lowest BCUT2D eigenvalue weighted by Gasteiger charge is -2.17. The molecule has 1 atom stereocenters. The first-order valence-corrected chi connectivity index (χ1v) is 10.2. The Labute approximate surface area is 170 Å². The molecule has 2 aromatic heterocycles. The van der Waals surface area contributed by atoms with Crippen LogP contribution in [-0.4, -0.2) is 9.97 Å². The number of aromatic amines is 1. The highest BCUT2D eigenvalue weighted by Crippen LogP contribution is 2.36. The van der Waals surface area contributed by atoms with E-state index in [1.54, 1.807) is 35.6 Å². The van der Waals surface area contributed by atoms with Crippen LogP contribution in [0.3, 0.4) is 0 Å². The van der Waals surface area contributed by atoms with E-state index in [4.69, 9.17) is 23.2 Å². The Hall–Kier alpha value is -2.13. The molecule has 0 spiro atoms. The Morgan fingerprint density at radius 1 is 1.41 bits per heavy atom. The van der Waals surface area contributed by atoms with E-state index in [1.165, 1.54) is 4.88 Å². The molecular formula is C20H15Cl2N3OS. The first kappa shape index (κ1) is 18.2. The lowest BCUT2D eigenvalue weighted by molar-refractivity contribution is 0.509. The number of nitrogens with zero attached hydrogens (tertiary/aromatic N) is 2. The van der Waals surface area contributed by atoms with Gasteiger partial charge in [-0.2, -0.15) is 5.26 Å². The number of hydrogen-bond donors (Lipinski definition) is 1. The van der Waals surface area contributed by atoms with Crippen LogP contribution in [0, 0.1) is 17.2 Å². The van der Waals surface area contributed by atoms with Gasteiger partial charge in [-0.25, -0.2) is 4.98 Å². The summed E-state index contributed by atoms with van der Waals surface area (Å²) < 4.78 is 0. The molecule has 27 heavy (non-hydrogen) atoms. The Kier molecular flexibility index (Phi) is 4.81. The molecule has 1 aromatic carbocycles. The van der Waals surface area contributed by atoms with E-state index in [2.05, 4.69) is 23.0 Å². The molecule has 1 unspecified atom stereocenters. The second-order valence-electron chi connectivity index (χ2n) is 6.75. The number of H-pyrrole nitrogens is 1. The van der Waals surface area contributed by atoms with Crippen LogP contribution in [-0.2, 0) is 12.8 Å². The zero-order valence-electron chi connectivity index (χ0n) is 14.5. The van der Waals surface area contributed by atoms with Gasteiger partial charge in [-0.05, 0) is 49.0 Å². The molecule has 4 rings (SSSR count). The monoisotopic (exact) mass is 415 g/mol. The predicted molar refractivity (Wildman–Crippen MR) is 111 cm³/mol. The lowest BCUT2D eigenvalue weighted by Crippen LogP contribution is -2.14. The highest BCUT2D eigenvalue weighted by molar-refractivity contribution is 7.18. The van der Waals surface area contributed by atoms with E-state index in [0.717, 1.165) is 24.8 Å². The summed E-state index contributed by atoms with van der Waals surface area (Å²) >= 11 is 13.9. The lowest BCUT2D eigenvalue weighted by atomic mass is 9.89. The van der Waals surface area contributed by atoms with E-state index in [1.807, 2.05) is 0 Å². The number of halogens is 2. The minimum absolute atomic E-state index is 0.201. The van der Waals surface area contributed by atoms with Crippen molar-refractivity contribution in [1.82, 2.24) is 9.97 Å². The van der Waals surface area contributed by atoms with E-state index < -0.39 is 0 Å². The molecule has 0 radical (unpaired) electrons. The highest BCUT2D eigenvalue weighted by Gasteiger charge is 2.23. The molecule has 0 bridgehead atoms. The van der Waals surface area contributed by atoms with Crippen LogP contribution < -0.4 is 5.56 Å². The number of rotatable bonds is 2. The molecule has 0 saturated heterocycles. The third-order valence-corrected chi connectivity index (χ3v) is 6.64. The van der Waals surface area contributed by atoms with Crippen molar-refractivity contribution in [3.8, 4) is 6.07 Å². The van der Waals surface area contributed by atoms with E-state index in [0.29, 0.717) is 31.7 Å². The minimum atomic E-state index is -0.201. The Morgan fingerprint density at radius 3 is 2.85 bits per heavy atom. The number of fused-ring (bicyclic) bond motifs is 3. The molecule has 0 saturated carbocycles. The number of aromatic nitrogens is 2. The fraction of sp³-hybridized carbons (Fsp3) is 0.250. The largest absolute Gasteiger partial charge is 0.305 e. The average molecular weight is 416 g/mol. The highest BCUT2D eigenvalue weighted by atomic mass is 35.5. The van der Waals surface area contributed by atoms with Gasteiger partial charge in [-0.1, -0.05) is 36.2 Å². The Bertz CT molecular complexity index is 1170. The molecule has 7 heteroatoms. The number of thiophene rings is 1. The van der Waals surface area contributed by atoms with Gasteiger partial charge in [0, 0.05) is 20.5 Å². The quantitative estimate of drug-likeness (QED) is 0.563. The molecule has 0 amide bonds. The molecule has 0 fully saturated rings. The molecule has 1 N–H and O–H groups in total. The molecule has 4 nitrogen and oxygen atoms in total. The summed E-state index contributed by atoms with van der Waals surface area (Å²) in [6.07, 6.45) is 4.51. The van der Waals surface area contributed by atoms with Gasteiger partial charge < -0.3 is 4.98 Å². The normalized spacial score (nSPS) is 17.0. The van der Waals surface area contributed by atoms with E-state index in [-0.39, 0.29) is 17.0 Å². The predicted octanol–water partition coefficient (Wildman–Crippen LogP) is 5.48. The number of allylic oxidation sites excluding steroid dienone is 1. The molecule has 136 valence electrons. The van der Waals surface area contributed by atoms with Crippen LogP contribution in [0.1, 0.15) is 35.2 Å². The van der Waals surface area contributed by atoms with Crippen molar-refractivity contribution in [1.29, 1.82) is 5.26 Å². The van der Waals surface area contributed by atoms with E-state index >= 15 is 0 Å². The van der Waals surface area contributed by atoms with Crippen LogP contribution in [0.15, 0.2) is 23.0 Å². The summed E-state index contributed by atoms with van der Waals surface area (Å²) in [4.78, 5) is 22.0. The maximum absolute atomic E-state index is 12.7. The zero-order valence-corrected chi connectivity index (χ0v) is 16.8. The average Bonchev–Trinajstić information content (AvgIpc) is 2.99. The fourth-order valence-electron chi connectivity index (χ4n) is 3.42. The molecule has 0 aliphatic heterocycles. The maximum Gasteiger partial charge on any atom is 0.260 e. The van der Waals surface area contributed by atoms with Gasteiger partial charge >= 0.3 is 0 Å². The van der Waals surface area contributed by atoms with Crippen molar-refractivity contribution in [2.75, 3.05) is 0 Å². The third-order valence-electron chi connectivity index (χ3n) is 4.83. The fourth-order valence-corrected chi connectivity index (χ4v) is 5.31. The molecule has 1 aliphatic rings.